The van der Waals surface area contributed by atoms with Crippen LogP contribution in [-0.4, -0.2) is 66.3 Å². The van der Waals surface area contributed by atoms with Crippen molar-refractivity contribution >= 4 is 5.91 Å². The average molecular weight is 296 g/mol. The van der Waals surface area contributed by atoms with Gasteiger partial charge in [-0.25, -0.2) is 0 Å². The number of hydrogen-bond acceptors (Lipinski definition) is 4. The number of piperidine rings is 1. The lowest BCUT2D eigenvalue weighted by Gasteiger charge is -2.33. The summed E-state index contributed by atoms with van der Waals surface area (Å²) in [4.78, 5) is 16.6. The van der Waals surface area contributed by atoms with Crippen LogP contribution < -0.4 is 0 Å². The molecular formula is C16H28N2O3. The summed E-state index contributed by atoms with van der Waals surface area (Å²) in [6, 6.07) is 0. The molecular weight excluding hydrogens is 268 g/mol. The van der Waals surface area contributed by atoms with Crippen LogP contribution in [0.25, 0.3) is 0 Å². The lowest BCUT2D eigenvalue weighted by molar-refractivity contribution is -0.131. The lowest BCUT2D eigenvalue weighted by atomic mass is 10.1. The van der Waals surface area contributed by atoms with Gasteiger partial charge < -0.3 is 14.7 Å². The predicted octanol–water partition coefficient (Wildman–Crippen LogP) is 1.38. The van der Waals surface area contributed by atoms with Crippen molar-refractivity contribution in [2.24, 2.45) is 0 Å². The van der Waals surface area contributed by atoms with E-state index in [1.54, 1.807) is 0 Å². The number of aliphatic hydroxyl groups excluding tert-OH is 1. The fraction of sp³-hybridized carbons (Fsp3) is 0.812. The van der Waals surface area contributed by atoms with Crippen LogP contribution in [0.5, 0.6) is 0 Å². The Morgan fingerprint density at radius 2 is 2.24 bits per heavy atom. The number of likely N-dealkylation sites (tertiary alicyclic amines) is 1. The molecule has 0 spiro atoms. The summed E-state index contributed by atoms with van der Waals surface area (Å²) in [6.07, 6.45) is 7.65. The first-order valence-electron chi connectivity index (χ1n) is 8.18. The van der Waals surface area contributed by atoms with E-state index < -0.39 is 0 Å². The van der Waals surface area contributed by atoms with Gasteiger partial charge in [0, 0.05) is 25.3 Å². The Morgan fingerprint density at radius 3 is 2.81 bits per heavy atom. The van der Waals surface area contributed by atoms with E-state index in [1.165, 1.54) is 12.1 Å². The molecule has 0 saturated carbocycles. The van der Waals surface area contributed by atoms with Crippen molar-refractivity contribution in [3.63, 3.8) is 0 Å². The van der Waals surface area contributed by atoms with Gasteiger partial charge in [0.1, 0.15) is 0 Å². The van der Waals surface area contributed by atoms with Gasteiger partial charge in [0.15, 0.2) is 0 Å². The van der Waals surface area contributed by atoms with Gasteiger partial charge in [-0.3, -0.25) is 9.69 Å². The molecule has 21 heavy (non-hydrogen) atoms. The number of ether oxygens (including phenoxy) is 1. The molecule has 1 aliphatic carbocycles. The SMILES string of the molecule is CCN(C(=O)CN1CCC(OCCO)CC1)C1=CCCC1. The zero-order valence-corrected chi connectivity index (χ0v) is 13.1. The molecule has 0 radical (unpaired) electrons. The number of hydrogen-bond donors (Lipinski definition) is 1. The molecule has 0 unspecified atom stereocenters. The lowest BCUT2D eigenvalue weighted by Crippen LogP contribution is -2.44. The molecule has 1 aliphatic heterocycles. The molecule has 1 saturated heterocycles. The molecule has 0 bridgehead atoms. The first-order valence-corrected chi connectivity index (χ1v) is 8.18. The molecule has 5 heteroatoms. The number of aliphatic hydroxyl groups is 1. The van der Waals surface area contributed by atoms with E-state index in [0.29, 0.717) is 13.2 Å². The van der Waals surface area contributed by atoms with Crippen molar-refractivity contribution in [2.75, 3.05) is 39.4 Å². The van der Waals surface area contributed by atoms with Crippen molar-refractivity contribution in [3.05, 3.63) is 11.8 Å². The molecule has 1 N–H and O–H groups in total. The van der Waals surface area contributed by atoms with Gasteiger partial charge in [-0.05, 0) is 39.0 Å². The fourth-order valence-electron chi connectivity index (χ4n) is 3.17. The molecule has 1 fully saturated rings. The predicted molar refractivity (Wildman–Crippen MR) is 81.8 cm³/mol. The summed E-state index contributed by atoms with van der Waals surface area (Å²) in [5.74, 6) is 0.223. The maximum Gasteiger partial charge on any atom is 0.240 e. The first kappa shape index (κ1) is 16.5. The molecule has 0 atom stereocenters. The van der Waals surface area contributed by atoms with E-state index in [1.807, 2.05) is 11.8 Å². The van der Waals surface area contributed by atoms with Crippen LogP contribution in [0.4, 0.5) is 0 Å². The molecule has 1 heterocycles. The van der Waals surface area contributed by atoms with E-state index >= 15 is 0 Å². The Morgan fingerprint density at radius 1 is 1.48 bits per heavy atom. The third-order valence-corrected chi connectivity index (χ3v) is 4.32. The normalized spacial score (nSPS) is 20.6. The van der Waals surface area contributed by atoms with E-state index in [9.17, 15) is 4.79 Å². The number of allylic oxidation sites excluding steroid dienone is 2. The molecule has 0 aromatic rings. The Kier molecular flexibility index (Phi) is 6.67. The average Bonchev–Trinajstić information content (AvgIpc) is 3.01. The summed E-state index contributed by atoms with van der Waals surface area (Å²) in [7, 11) is 0. The second kappa shape index (κ2) is 8.51. The summed E-state index contributed by atoms with van der Waals surface area (Å²) in [6.45, 7) is 5.63. The van der Waals surface area contributed by atoms with Gasteiger partial charge in [-0.15, -0.1) is 0 Å². The van der Waals surface area contributed by atoms with Crippen LogP contribution in [0.2, 0.25) is 0 Å². The molecule has 120 valence electrons. The quantitative estimate of drug-likeness (QED) is 0.771. The number of likely N-dealkylation sites (N-methyl/N-ethyl adjacent to an activating group) is 1. The van der Waals surface area contributed by atoms with Crippen molar-refractivity contribution in [1.82, 2.24) is 9.80 Å². The summed E-state index contributed by atoms with van der Waals surface area (Å²) >= 11 is 0. The number of carbonyl (C=O) groups excluding carboxylic acids is 1. The smallest absolute Gasteiger partial charge is 0.240 e. The minimum absolute atomic E-state index is 0.0826. The fourth-order valence-corrected chi connectivity index (χ4v) is 3.17. The first-order chi connectivity index (χ1) is 10.2. The molecule has 1 amide bonds. The Bertz CT molecular complexity index is 363. The van der Waals surface area contributed by atoms with Crippen molar-refractivity contribution in [2.45, 2.75) is 45.1 Å². The number of nitrogens with zero attached hydrogens (tertiary/aromatic N) is 2. The van der Waals surface area contributed by atoms with E-state index in [2.05, 4.69) is 11.0 Å². The maximum atomic E-state index is 12.5. The highest BCUT2D eigenvalue weighted by atomic mass is 16.5. The van der Waals surface area contributed by atoms with Crippen molar-refractivity contribution in [1.29, 1.82) is 0 Å². The summed E-state index contributed by atoms with van der Waals surface area (Å²) in [5, 5.41) is 8.77. The highest BCUT2D eigenvalue weighted by Crippen LogP contribution is 2.22. The standard InChI is InChI=1S/C16H28N2O3/c1-2-18(14-5-3-4-6-14)16(20)13-17-9-7-15(8-10-17)21-12-11-19/h5,15,19H,2-4,6-13H2,1H3. The monoisotopic (exact) mass is 296 g/mol. The number of amides is 1. The van der Waals surface area contributed by atoms with E-state index in [0.717, 1.165) is 45.3 Å². The van der Waals surface area contributed by atoms with Gasteiger partial charge in [0.25, 0.3) is 0 Å². The van der Waals surface area contributed by atoms with Crippen molar-refractivity contribution in [3.8, 4) is 0 Å². The molecule has 0 aromatic heterocycles. The third kappa shape index (κ3) is 4.80. The summed E-state index contributed by atoms with van der Waals surface area (Å²) < 4.78 is 5.55. The molecule has 5 nitrogen and oxygen atoms in total. The van der Waals surface area contributed by atoms with Crippen LogP contribution in [0, 0.1) is 0 Å². The van der Waals surface area contributed by atoms with Gasteiger partial charge >= 0.3 is 0 Å². The van der Waals surface area contributed by atoms with Crippen LogP contribution in [-0.2, 0) is 9.53 Å². The van der Waals surface area contributed by atoms with Gasteiger partial charge in [0.05, 0.1) is 25.9 Å². The van der Waals surface area contributed by atoms with E-state index in [-0.39, 0.29) is 18.6 Å². The van der Waals surface area contributed by atoms with Crippen molar-refractivity contribution < 1.29 is 14.6 Å². The topological polar surface area (TPSA) is 53.0 Å². The zero-order valence-electron chi connectivity index (χ0n) is 13.1. The highest BCUT2D eigenvalue weighted by molar-refractivity contribution is 5.80. The van der Waals surface area contributed by atoms with Crippen LogP contribution in [0.15, 0.2) is 11.8 Å². The Balaban J connectivity index is 1.75. The van der Waals surface area contributed by atoms with Gasteiger partial charge in [-0.1, -0.05) is 6.08 Å². The van der Waals surface area contributed by atoms with Crippen LogP contribution >= 0.6 is 0 Å². The number of rotatable bonds is 7. The Labute approximate surface area is 127 Å². The van der Waals surface area contributed by atoms with Crippen LogP contribution in [0.3, 0.4) is 0 Å². The highest BCUT2D eigenvalue weighted by Gasteiger charge is 2.24. The van der Waals surface area contributed by atoms with Gasteiger partial charge in [0.2, 0.25) is 5.91 Å². The largest absolute Gasteiger partial charge is 0.394 e. The Hall–Kier alpha value is -0.910. The third-order valence-electron chi connectivity index (χ3n) is 4.32. The maximum absolute atomic E-state index is 12.5. The van der Waals surface area contributed by atoms with Crippen LogP contribution in [0.1, 0.15) is 39.0 Å². The summed E-state index contributed by atoms with van der Waals surface area (Å²) in [5.41, 5.74) is 1.21. The van der Waals surface area contributed by atoms with E-state index in [4.69, 9.17) is 9.84 Å². The second-order valence-corrected chi connectivity index (χ2v) is 5.80. The minimum Gasteiger partial charge on any atom is -0.394 e. The van der Waals surface area contributed by atoms with Gasteiger partial charge in [-0.2, -0.15) is 0 Å². The zero-order chi connectivity index (χ0) is 15.1. The second-order valence-electron chi connectivity index (χ2n) is 5.80. The minimum atomic E-state index is 0.0826. The molecule has 2 rings (SSSR count). The number of carbonyl (C=O) groups is 1. The molecule has 0 aromatic carbocycles. The molecule has 2 aliphatic rings.